The first kappa shape index (κ1) is 14.4. The van der Waals surface area contributed by atoms with E-state index in [0.29, 0.717) is 0 Å². The number of hydrogen-bond acceptors (Lipinski definition) is 2. The second kappa shape index (κ2) is 6.95. The molecular formula is C17H28N2. The molecule has 0 unspecified atom stereocenters. The zero-order valence-corrected chi connectivity index (χ0v) is 12.5. The van der Waals surface area contributed by atoms with Crippen LogP contribution < -0.4 is 5.73 Å². The number of benzene rings is 1. The van der Waals surface area contributed by atoms with Crippen LogP contribution in [0.1, 0.15) is 49.3 Å². The summed E-state index contributed by atoms with van der Waals surface area (Å²) in [7, 11) is 0. The minimum Gasteiger partial charge on any atom is -0.399 e. The fourth-order valence-electron chi connectivity index (χ4n) is 3.05. The fraction of sp³-hybridized carbons (Fsp3) is 0.647. The monoisotopic (exact) mass is 260 g/mol. The SMILES string of the molecule is CCc1cc(C)c(N)cc1CCCCN1CCCC1. The molecule has 0 aromatic heterocycles. The lowest BCUT2D eigenvalue weighted by atomic mass is 9.97. The Bertz CT molecular complexity index is 406. The first-order valence-corrected chi connectivity index (χ1v) is 7.81. The second-order valence-electron chi connectivity index (χ2n) is 5.84. The van der Waals surface area contributed by atoms with E-state index in [0.717, 1.165) is 12.1 Å². The van der Waals surface area contributed by atoms with Gasteiger partial charge in [-0.05, 0) is 87.8 Å². The van der Waals surface area contributed by atoms with Gasteiger partial charge in [-0.15, -0.1) is 0 Å². The van der Waals surface area contributed by atoms with E-state index in [2.05, 4.69) is 30.9 Å². The maximum atomic E-state index is 6.04. The van der Waals surface area contributed by atoms with Gasteiger partial charge >= 0.3 is 0 Å². The van der Waals surface area contributed by atoms with E-state index in [-0.39, 0.29) is 0 Å². The van der Waals surface area contributed by atoms with Crippen molar-refractivity contribution in [3.8, 4) is 0 Å². The highest BCUT2D eigenvalue weighted by Gasteiger charge is 2.10. The maximum Gasteiger partial charge on any atom is 0.0346 e. The molecule has 1 fully saturated rings. The topological polar surface area (TPSA) is 29.3 Å². The van der Waals surface area contributed by atoms with Crippen LogP contribution in [0, 0.1) is 6.92 Å². The van der Waals surface area contributed by atoms with Crippen LogP contribution >= 0.6 is 0 Å². The highest BCUT2D eigenvalue weighted by molar-refractivity contribution is 5.51. The lowest BCUT2D eigenvalue weighted by molar-refractivity contribution is 0.330. The molecule has 0 amide bonds. The van der Waals surface area contributed by atoms with Crippen LogP contribution in [-0.4, -0.2) is 24.5 Å². The quantitative estimate of drug-likeness (QED) is 0.626. The summed E-state index contributed by atoms with van der Waals surface area (Å²) in [6, 6.07) is 4.47. The Balaban J connectivity index is 1.82. The predicted octanol–water partition coefficient (Wildman–Crippen LogP) is 3.56. The number of hydrogen-bond donors (Lipinski definition) is 1. The van der Waals surface area contributed by atoms with Crippen molar-refractivity contribution in [3.05, 3.63) is 28.8 Å². The molecule has 0 saturated carbocycles. The van der Waals surface area contributed by atoms with Crippen LogP contribution in [0.15, 0.2) is 12.1 Å². The number of unbranched alkanes of at least 4 members (excludes halogenated alkanes) is 1. The van der Waals surface area contributed by atoms with Gasteiger partial charge < -0.3 is 10.6 Å². The summed E-state index contributed by atoms with van der Waals surface area (Å²) in [6.45, 7) is 8.25. The van der Waals surface area contributed by atoms with Crippen molar-refractivity contribution in [2.45, 2.75) is 52.4 Å². The van der Waals surface area contributed by atoms with Crippen molar-refractivity contribution in [2.75, 3.05) is 25.4 Å². The van der Waals surface area contributed by atoms with Gasteiger partial charge in [0, 0.05) is 5.69 Å². The molecule has 1 aromatic rings. The van der Waals surface area contributed by atoms with Crippen LogP contribution in [0.4, 0.5) is 5.69 Å². The van der Waals surface area contributed by atoms with Crippen LogP contribution in [0.5, 0.6) is 0 Å². The smallest absolute Gasteiger partial charge is 0.0346 e. The van der Waals surface area contributed by atoms with E-state index in [1.807, 2.05) is 0 Å². The van der Waals surface area contributed by atoms with Gasteiger partial charge in [0.1, 0.15) is 0 Å². The van der Waals surface area contributed by atoms with Gasteiger partial charge in [0.15, 0.2) is 0 Å². The van der Waals surface area contributed by atoms with Crippen molar-refractivity contribution in [1.82, 2.24) is 4.90 Å². The lowest BCUT2D eigenvalue weighted by Crippen LogP contribution is -2.20. The molecule has 19 heavy (non-hydrogen) atoms. The van der Waals surface area contributed by atoms with Crippen molar-refractivity contribution in [1.29, 1.82) is 0 Å². The number of likely N-dealkylation sites (tertiary alicyclic amines) is 1. The van der Waals surface area contributed by atoms with Gasteiger partial charge in [0.2, 0.25) is 0 Å². The third-order valence-corrected chi connectivity index (χ3v) is 4.34. The molecule has 0 aliphatic carbocycles. The average molecular weight is 260 g/mol. The molecule has 0 atom stereocenters. The Morgan fingerprint density at radius 1 is 1.11 bits per heavy atom. The molecule has 1 aliphatic heterocycles. The van der Waals surface area contributed by atoms with E-state index in [4.69, 9.17) is 5.73 Å². The number of aryl methyl sites for hydroxylation is 3. The highest BCUT2D eigenvalue weighted by Crippen LogP contribution is 2.21. The largest absolute Gasteiger partial charge is 0.399 e. The molecule has 106 valence electrons. The van der Waals surface area contributed by atoms with Crippen molar-refractivity contribution in [3.63, 3.8) is 0 Å². The van der Waals surface area contributed by atoms with E-state index < -0.39 is 0 Å². The normalized spacial score (nSPS) is 16.1. The Morgan fingerprint density at radius 3 is 2.53 bits per heavy atom. The molecule has 1 heterocycles. The van der Waals surface area contributed by atoms with E-state index in [9.17, 15) is 0 Å². The lowest BCUT2D eigenvalue weighted by Gasteiger charge is -2.15. The first-order chi connectivity index (χ1) is 9.20. The van der Waals surface area contributed by atoms with Crippen LogP contribution in [0.25, 0.3) is 0 Å². The molecule has 0 radical (unpaired) electrons. The van der Waals surface area contributed by atoms with Crippen molar-refractivity contribution in [2.24, 2.45) is 0 Å². The Kier molecular flexibility index (Phi) is 5.26. The van der Waals surface area contributed by atoms with E-state index >= 15 is 0 Å². The number of rotatable bonds is 6. The number of anilines is 1. The van der Waals surface area contributed by atoms with Gasteiger partial charge in [-0.2, -0.15) is 0 Å². The number of nitrogen functional groups attached to an aromatic ring is 1. The van der Waals surface area contributed by atoms with E-state index in [1.54, 1.807) is 0 Å². The predicted molar refractivity (Wildman–Crippen MR) is 83.6 cm³/mol. The second-order valence-corrected chi connectivity index (χ2v) is 5.84. The molecular weight excluding hydrogens is 232 g/mol. The molecule has 2 heteroatoms. The number of nitrogens with two attached hydrogens (primary N) is 1. The van der Waals surface area contributed by atoms with Gasteiger partial charge in [-0.1, -0.05) is 13.0 Å². The molecule has 0 bridgehead atoms. The average Bonchev–Trinajstić information content (AvgIpc) is 2.91. The molecule has 1 aliphatic rings. The summed E-state index contributed by atoms with van der Waals surface area (Å²) >= 11 is 0. The summed E-state index contributed by atoms with van der Waals surface area (Å²) in [5.41, 5.74) is 11.2. The standard InChI is InChI=1S/C17H28N2/c1-3-15-12-14(2)17(18)13-16(15)8-4-5-9-19-10-6-7-11-19/h12-13H,3-11,18H2,1-2H3. The number of nitrogens with zero attached hydrogens (tertiary/aromatic N) is 1. The highest BCUT2D eigenvalue weighted by atomic mass is 15.1. The zero-order chi connectivity index (χ0) is 13.7. The van der Waals surface area contributed by atoms with Gasteiger partial charge in [-0.25, -0.2) is 0 Å². The Hall–Kier alpha value is -1.02. The molecule has 0 spiro atoms. The molecule has 2 rings (SSSR count). The van der Waals surface area contributed by atoms with E-state index in [1.165, 1.54) is 68.4 Å². The van der Waals surface area contributed by atoms with Gasteiger partial charge in [0.05, 0.1) is 0 Å². The Labute approximate surface area is 118 Å². The van der Waals surface area contributed by atoms with Gasteiger partial charge in [0.25, 0.3) is 0 Å². The minimum atomic E-state index is 0.951. The van der Waals surface area contributed by atoms with Crippen LogP contribution in [0.3, 0.4) is 0 Å². The summed E-state index contributed by atoms with van der Waals surface area (Å²) < 4.78 is 0. The molecule has 1 aromatic carbocycles. The Morgan fingerprint density at radius 2 is 1.84 bits per heavy atom. The van der Waals surface area contributed by atoms with Gasteiger partial charge in [-0.3, -0.25) is 0 Å². The van der Waals surface area contributed by atoms with Crippen LogP contribution in [-0.2, 0) is 12.8 Å². The molecule has 2 nitrogen and oxygen atoms in total. The van der Waals surface area contributed by atoms with Crippen molar-refractivity contribution >= 4 is 5.69 Å². The van der Waals surface area contributed by atoms with Crippen molar-refractivity contribution < 1.29 is 0 Å². The molecule has 2 N–H and O–H groups in total. The summed E-state index contributed by atoms with van der Waals surface area (Å²) in [5.74, 6) is 0. The summed E-state index contributed by atoms with van der Waals surface area (Å²) in [6.07, 6.45) is 7.69. The summed E-state index contributed by atoms with van der Waals surface area (Å²) in [4.78, 5) is 2.60. The molecule has 1 saturated heterocycles. The van der Waals surface area contributed by atoms with Crippen LogP contribution in [0.2, 0.25) is 0 Å². The summed E-state index contributed by atoms with van der Waals surface area (Å²) in [5, 5.41) is 0. The third-order valence-electron chi connectivity index (χ3n) is 4.34. The third kappa shape index (κ3) is 3.97. The zero-order valence-electron chi connectivity index (χ0n) is 12.5. The first-order valence-electron chi connectivity index (χ1n) is 7.81. The fourth-order valence-corrected chi connectivity index (χ4v) is 3.05. The minimum absolute atomic E-state index is 0.951. The maximum absolute atomic E-state index is 6.04.